The molecule has 0 aromatic heterocycles. The molecular formula is C16H20N2O2. The van der Waals surface area contributed by atoms with Gasteiger partial charge in [-0.05, 0) is 44.0 Å². The van der Waals surface area contributed by atoms with E-state index in [4.69, 9.17) is 10.5 Å². The number of hydrogen-bond acceptors (Lipinski definition) is 3. The second-order valence-corrected chi connectivity index (χ2v) is 4.98. The highest BCUT2D eigenvalue weighted by molar-refractivity contribution is 5.94. The van der Waals surface area contributed by atoms with Crippen molar-refractivity contribution in [3.05, 3.63) is 34.9 Å². The third kappa shape index (κ3) is 3.38. The van der Waals surface area contributed by atoms with Crippen molar-refractivity contribution in [2.45, 2.75) is 32.4 Å². The van der Waals surface area contributed by atoms with Gasteiger partial charge in [-0.1, -0.05) is 11.8 Å². The van der Waals surface area contributed by atoms with Gasteiger partial charge in [-0.3, -0.25) is 4.79 Å². The third-order valence-electron chi connectivity index (χ3n) is 3.51. The first-order valence-electron chi connectivity index (χ1n) is 6.84. The molecule has 0 radical (unpaired) electrons. The van der Waals surface area contributed by atoms with Crippen molar-refractivity contribution in [1.29, 1.82) is 0 Å². The van der Waals surface area contributed by atoms with Crippen LogP contribution in [0.25, 0.3) is 0 Å². The number of nitrogens with two attached hydrogens (primary N) is 1. The van der Waals surface area contributed by atoms with Gasteiger partial charge in [0.25, 0.3) is 5.91 Å². The fourth-order valence-electron chi connectivity index (χ4n) is 2.26. The first-order chi connectivity index (χ1) is 9.61. The molecule has 106 valence electrons. The molecule has 2 rings (SSSR count). The van der Waals surface area contributed by atoms with Gasteiger partial charge in [0.15, 0.2) is 0 Å². The van der Waals surface area contributed by atoms with Gasteiger partial charge in [-0.25, -0.2) is 0 Å². The molecule has 1 aliphatic rings. The molecule has 4 heteroatoms. The molecule has 0 aliphatic carbocycles. The van der Waals surface area contributed by atoms with Crippen LogP contribution < -0.4 is 11.1 Å². The van der Waals surface area contributed by atoms with E-state index >= 15 is 0 Å². The van der Waals surface area contributed by atoms with E-state index in [1.807, 2.05) is 26.0 Å². The van der Waals surface area contributed by atoms with Crippen LogP contribution in [0, 0.1) is 18.8 Å². The standard InChI is InChI=1S/C16H20N2O2/c1-11-10-14(6-5-13(11)4-3-8-17)16(19)18-15-7-9-20-12(15)2/h5-6,10,12,15H,7-9,17H2,1-2H3,(H,18,19). The van der Waals surface area contributed by atoms with E-state index in [0.717, 1.165) is 17.5 Å². The van der Waals surface area contributed by atoms with Crippen LogP contribution in [0.4, 0.5) is 0 Å². The number of rotatable bonds is 2. The molecule has 1 aromatic rings. The van der Waals surface area contributed by atoms with Crippen molar-refractivity contribution in [2.24, 2.45) is 5.73 Å². The van der Waals surface area contributed by atoms with E-state index in [1.54, 1.807) is 6.07 Å². The Morgan fingerprint density at radius 3 is 2.95 bits per heavy atom. The SMILES string of the molecule is Cc1cc(C(=O)NC2CCOC2C)ccc1C#CCN. The van der Waals surface area contributed by atoms with Crippen LogP contribution in [0.1, 0.15) is 34.8 Å². The molecule has 1 saturated heterocycles. The maximum Gasteiger partial charge on any atom is 0.251 e. The Morgan fingerprint density at radius 2 is 2.35 bits per heavy atom. The molecule has 1 aromatic carbocycles. The van der Waals surface area contributed by atoms with Gasteiger partial charge in [0.1, 0.15) is 0 Å². The summed E-state index contributed by atoms with van der Waals surface area (Å²) in [6.45, 7) is 4.97. The highest BCUT2D eigenvalue weighted by atomic mass is 16.5. The molecule has 0 spiro atoms. The quantitative estimate of drug-likeness (QED) is 0.795. The normalized spacial score (nSPS) is 21.1. The summed E-state index contributed by atoms with van der Waals surface area (Å²) >= 11 is 0. The number of hydrogen-bond donors (Lipinski definition) is 2. The van der Waals surface area contributed by atoms with Crippen LogP contribution >= 0.6 is 0 Å². The Morgan fingerprint density at radius 1 is 1.55 bits per heavy atom. The molecule has 2 unspecified atom stereocenters. The summed E-state index contributed by atoms with van der Waals surface area (Å²) in [7, 11) is 0. The van der Waals surface area contributed by atoms with Crippen LogP contribution in [0.2, 0.25) is 0 Å². The molecule has 1 fully saturated rings. The Labute approximate surface area is 119 Å². The van der Waals surface area contributed by atoms with Crippen LogP contribution in [0.3, 0.4) is 0 Å². The van der Waals surface area contributed by atoms with Gasteiger partial charge >= 0.3 is 0 Å². The minimum atomic E-state index is -0.0613. The largest absolute Gasteiger partial charge is 0.376 e. The minimum Gasteiger partial charge on any atom is -0.376 e. The molecule has 1 heterocycles. The van der Waals surface area contributed by atoms with Gasteiger partial charge in [-0.2, -0.15) is 0 Å². The lowest BCUT2D eigenvalue weighted by molar-refractivity contribution is 0.0866. The summed E-state index contributed by atoms with van der Waals surface area (Å²) in [5, 5.41) is 3.01. The first kappa shape index (κ1) is 14.6. The Bertz CT molecular complexity index is 557. The maximum absolute atomic E-state index is 12.2. The van der Waals surface area contributed by atoms with E-state index in [9.17, 15) is 4.79 Å². The zero-order valence-corrected chi connectivity index (χ0v) is 11.9. The van der Waals surface area contributed by atoms with E-state index in [1.165, 1.54) is 0 Å². The van der Waals surface area contributed by atoms with Gasteiger partial charge in [0.05, 0.1) is 18.7 Å². The summed E-state index contributed by atoms with van der Waals surface area (Å²) in [4.78, 5) is 12.2. The lowest BCUT2D eigenvalue weighted by Gasteiger charge is -2.16. The second-order valence-electron chi connectivity index (χ2n) is 4.98. The van der Waals surface area contributed by atoms with Crippen molar-refractivity contribution in [3.63, 3.8) is 0 Å². The Hall–Kier alpha value is -1.83. The lowest BCUT2D eigenvalue weighted by atomic mass is 10.0. The second kappa shape index (κ2) is 6.56. The number of carbonyl (C=O) groups is 1. The topological polar surface area (TPSA) is 64.3 Å². The van der Waals surface area contributed by atoms with Gasteiger partial charge in [0.2, 0.25) is 0 Å². The van der Waals surface area contributed by atoms with E-state index in [-0.39, 0.29) is 18.1 Å². The first-order valence-corrected chi connectivity index (χ1v) is 6.84. The maximum atomic E-state index is 12.2. The van der Waals surface area contributed by atoms with Crippen molar-refractivity contribution in [2.75, 3.05) is 13.2 Å². The lowest BCUT2D eigenvalue weighted by Crippen LogP contribution is -2.39. The van der Waals surface area contributed by atoms with Gasteiger partial charge < -0.3 is 15.8 Å². The number of nitrogens with one attached hydrogen (secondary N) is 1. The molecule has 4 nitrogen and oxygen atoms in total. The summed E-state index contributed by atoms with van der Waals surface area (Å²) in [5.41, 5.74) is 7.90. The smallest absolute Gasteiger partial charge is 0.251 e. The van der Waals surface area contributed by atoms with Gasteiger partial charge in [0, 0.05) is 17.7 Å². The zero-order chi connectivity index (χ0) is 14.5. The van der Waals surface area contributed by atoms with Crippen molar-refractivity contribution in [1.82, 2.24) is 5.32 Å². The third-order valence-corrected chi connectivity index (χ3v) is 3.51. The molecule has 20 heavy (non-hydrogen) atoms. The molecule has 0 bridgehead atoms. The number of benzene rings is 1. The van der Waals surface area contributed by atoms with Crippen LogP contribution in [-0.2, 0) is 4.74 Å². The number of carbonyl (C=O) groups excluding carboxylic acids is 1. The van der Waals surface area contributed by atoms with Crippen LogP contribution in [0.15, 0.2) is 18.2 Å². The fraction of sp³-hybridized carbons (Fsp3) is 0.438. The van der Waals surface area contributed by atoms with Crippen molar-refractivity contribution in [3.8, 4) is 11.8 Å². The zero-order valence-electron chi connectivity index (χ0n) is 11.9. The highest BCUT2D eigenvalue weighted by Gasteiger charge is 2.25. The van der Waals surface area contributed by atoms with Crippen molar-refractivity contribution >= 4 is 5.91 Å². The van der Waals surface area contributed by atoms with Crippen molar-refractivity contribution < 1.29 is 9.53 Å². The molecular weight excluding hydrogens is 252 g/mol. The van der Waals surface area contributed by atoms with Gasteiger partial charge in [-0.15, -0.1) is 0 Å². The minimum absolute atomic E-state index is 0.0613. The average Bonchev–Trinajstić information content (AvgIpc) is 2.83. The van der Waals surface area contributed by atoms with Crippen LogP contribution in [-0.4, -0.2) is 31.2 Å². The summed E-state index contributed by atoms with van der Waals surface area (Å²) in [6, 6.07) is 5.61. The van der Waals surface area contributed by atoms with E-state index in [0.29, 0.717) is 18.7 Å². The summed E-state index contributed by atoms with van der Waals surface area (Å²) in [5.74, 6) is 5.75. The highest BCUT2D eigenvalue weighted by Crippen LogP contribution is 2.15. The molecule has 1 amide bonds. The number of ether oxygens (including phenoxy) is 1. The van der Waals surface area contributed by atoms with E-state index in [2.05, 4.69) is 17.2 Å². The molecule has 2 atom stereocenters. The monoisotopic (exact) mass is 272 g/mol. The fourth-order valence-corrected chi connectivity index (χ4v) is 2.26. The predicted octanol–water partition coefficient (Wildman–Crippen LogP) is 1.21. The predicted molar refractivity (Wildman–Crippen MR) is 78.4 cm³/mol. The number of amides is 1. The molecule has 1 aliphatic heterocycles. The van der Waals surface area contributed by atoms with E-state index < -0.39 is 0 Å². The summed E-state index contributed by atoms with van der Waals surface area (Å²) in [6.07, 6.45) is 0.945. The van der Waals surface area contributed by atoms with Crippen LogP contribution in [0.5, 0.6) is 0 Å². The molecule has 0 saturated carbocycles. The Kier molecular flexibility index (Phi) is 4.78. The summed E-state index contributed by atoms with van der Waals surface area (Å²) < 4.78 is 5.44. The Balaban J connectivity index is 2.09. The molecule has 3 N–H and O–H groups in total. The number of aryl methyl sites for hydroxylation is 1. The average molecular weight is 272 g/mol.